The Morgan fingerprint density at radius 3 is 2.93 bits per heavy atom. The van der Waals surface area contributed by atoms with Gasteiger partial charge in [0.25, 0.3) is 0 Å². The zero-order valence-corrected chi connectivity index (χ0v) is 7.87. The van der Waals surface area contributed by atoms with Gasteiger partial charge in [-0.2, -0.15) is 0 Å². The number of aliphatic hydroxyl groups excluding tert-OH is 2. The molecule has 0 spiro atoms. The summed E-state index contributed by atoms with van der Waals surface area (Å²) in [6.45, 7) is -0.225. The Bertz CT molecular complexity index is 309. The smallest absolute Gasteiger partial charge is 0.113 e. The van der Waals surface area contributed by atoms with Crippen molar-refractivity contribution in [3.8, 4) is 0 Å². The highest BCUT2D eigenvalue weighted by Gasteiger charge is 2.29. The van der Waals surface area contributed by atoms with Crippen LogP contribution < -0.4 is 5.73 Å². The van der Waals surface area contributed by atoms with Crippen LogP contribution in [0.15, 0.2) is 12.5 Å². The van der Waals surface area contributed by atoms with E-state index >= 15 is 0 Å². The van der Waals surface area contributed by atoms with Crippen LogP contribution in [-0.2, 0) is 0 Å². The highest BCUT2D eigenvalue weighted by atomic mass is 16.3. The molecule has 14 heavy (non-hydrogen) atoms. The molecular formula is C9H15N3O2. The molecule has 1 aliphatic rings. The van der Waals surface area contributed by atoms with Crippen molar-refractivity contribution in [3.63, 3.8) is 0 Å². The fourth-order valence-electron chi connectivity index (χ4n) is 1.52. The van der Waals surface area contributed by atoms with Crippen LogP contribution in [0.1, 0.15) is 30.7 Å². The standard InChI is InChI=1S/C9H15N3O2/c10-7(4-13)9(14)8-3-11-5-12(8)6-1-2-6/h3,5-7,9,13-14H,1-2,4,10H2. The lowest BCUT2D eigenvalue weighted by molar-refractivity contribution is 0.103. The zero-order chi connectivity index (χ0) is 10.1. The molecule has 1 heterocycles. The quantitative estimate of drug-likeness (QED) is 0.611. The normalized spacial score (nSPS) is 20.8. The maximum atomic E-state index is 9.79. The third-order valence-corrected chi connectivity index (χ3v) is 2.56. The van der Waals surface area contributed by atoms with Gasteiger partial charge in [0.05, 0.1) is 30.9 Å². The molecule has 1 saturated carbocycles. The Labute approximate surface area is 82.2 Å². The van der Waals surface area contributed by atoms with E-state index in [1.165, 1.54) is 0 Å². The number of imidazole rings is 1. The van der Waals surface area contributed by atoms with E-state index < -0.39 is 12.1 Å². The number of hydrogen-bond acceptors (Lipinski definition) is 4. The Hall–Kier alpha value is -0.910. The van der Waals surface area contributed by atoms with Gasteiger partial charge in [-0.15, -0.1) is 0 Å². The average molecular weight is 197 g/mol. The maximum Gasteiger partial charge on any atom is 0.113 e. The monoisotopic (exact) mass is 197 g/mol. The molecule has 1 aliphatic carbocycles. The van der Waals surface area contributed by atoms with Crippen LogP contribution in [0.3, 0.4) is 0 Å². The largest absolute Gasteiger partial charge is 0.395 e. The summed E-state index contributed by atoms with van der Waals surface area (Å²) in [5, 5.41) is 18.6. The molecule has 1 aromatic heterocycles. The van der Waals surface area contributed by atoms with Crippen molar-refractivity contribution in [2.45, 2.75) is 31.0 Å². The van der Waals surface area contributed by atoms with Crippen molar-refractivity contribution in [2.24, 2.45) is 5.73 Å². The Kier molecular flexibility index (Phi) is 2.54. The second-order valence-corrected chi connectivity index (χ2v) is 3.75. The second-order valence-electron chi connectivity index (χ2n) is 3.75. The molecule has 0 radical (unpaired) electrons. The molecule has 78 valence electrons. The van der Waals surface area contributed by atoms with Crippen molar-refractivity contribution in [1.82, 2.24) is 9.55 Å². The molecule has 0 aliphatic heterocycles. The topological polar surface area (TPSA) is 84.3 Å². The fourth-order valence-corrected chi connectivity index (χ4v) is 1.52. The average Bonchev–Trinajstić information content (AvgIpc) is 2.94. The van der Waals surface area contributed by atoms with Crippen LogP contribution in [0.25, 0.3) is 0 Å². The van der Waals surface area contributed by atoms with Gasteiger partial charge in [0, 0.05) is 6.04 Å². The molecule has 0 amide bonds. The number of nitrogens with two attached hydrogens (primary N) is 1. The predicted octanol–water partition coefficient (Wildman–Crippen LogP) is -0.429. The molecular weight excluding hydrogens is 182 g/mol. The summed E-state index contributed by atoms with van der Waals surface area (Å²) in [6, 6.07) is -0.169. The summed E-state index contributed by atoms with van der Waals surface area (Å²) in [4.78, 5) is 3.99. The summed E-state index contributed by atoms with van der Waals surface area (Å²) < 4.78 is 1.94. The molecule has 0 aromatic carbocycles. The summed E-state index contributed by atoms with van der Waals surface area (Å²) in [5.74, 6) is 0. The Balaban J connectivity index is 2.17. The van der Waals surface area contributed by atoms with Gasteiger partial charge in [-0.3, -0.25) is 0 Å². The van der Waals surface area contributed by atoms with Crippen LogP contribution in [0.2, 0.25) is 0 Å². The van der Waals surface area contributed by atoms with Gasteiger partial charge in [-0.1, -0.05) is 0 Å². The highest BCUT2D eigenvalue weighted by Crippen LogP contribution is 2.37. The molecule has 2 unspecified atom stereocenters. The van der Waals surface area contributed by atoms with Gasteiger partial charge in [0.15, 0.2) is 0 Å². The molecule has 5 nitrogen and oxygen atoms in total. The SMILES string of the molecule is NC(CO)C(O)c1cncn1C1CC1. The number of aliphatic hydroxyl groups is 2. The first-order chi connectivity index (χ1) is 6.74. The minimum absolute atomic E-state index is 0.225. The first kappa shape index (κ1) is 9.64. The molecule has 0 saturated heterocycles. The first-order valence-electron chi connectivity index (χ1n) is 4.80. The van der Waals surface area contributed by atoms with Crippen LogP contribution in [0.5, 0.6) is 0 Å². The summed E-state index contributed by atoms with van der Waals surface area (Å²) in [6.07, 6.45) is 4.75. The number of rotatable bonds is 4. The Morgan fingerprint density at radius 1 is 1.64 bits per heavy atom. The van der Waals surface area contributed by atoms with E-state index in [0.717, 1.165) is 12.8 Å². The molecule has 5 heteroatoms. The van der Waals surface area contributed by atoms with Gasteiger partial charge in [0.2, 0.25) is 0 Å². The second kappa shape index (κ2) is 3.68. The van der Waals surface area contributed by atoms with Crippen LogP contribution >= 0.6 is 0 Å². The molecule has 2 rings (SSSR count). The molecule has 1 fully saturated rings. The van der Waals surface area contributed by atoms with Crippen molar-refractivity contribution in [2.75, 3.05) is 6.61 Å². The Morgan fingerprint density at radius 2 is 2.36 bits per heavy atom. The van der Waals surface area contributed by atoms with E-state index in [-0.39, 0.29) is 6.61 Å². The van der Waals surface area contributed by atoms with E-state index in [9.17, 15) is 5.11 Å². The van der Waals surface area contributed by atoms with Gasteiger partial charge in [-0.25, -0.2) is 4.98 Å². The highest BCUT2D eigenvalue weighted by molar-refractivity contribution is 5.09. The summed E-state index contributed by atoms with van der Waals surface area (Å²) in [5.41, 5.74) is 6.26. The van der Waals surface area contributed by atoms with E-state index in [2.05, 4.69) is 4.98 Å². The van der Waals surface area contributed by atoms with Crippen LogP contribution in [0, 0.1) is 0 Å². The van der Waals surface area contributed by atoms with Gasteiger partial charge < -0.3 is 20.5 Å². The lowest BCUT2D eigenvalue weighted by atomic mass is 10.1. The van der Waals surface area contributed by atoms with Crippen molar-refractivity contribution >= 4 is 0 Å². The number of nitrogens with zero attached hydrogens (tertiary/aromatic N) is 2. The van der Waals surface area contributed by atoms with E-state index in [4.69, 9.17) is 10.8 Å². The lowest BCUT2D eigenvalue weighted by Crippen LogP contribution is -2.33. The molecule has 2 atom stereocenters. The maximum absolute atomic E-state index is 9.79. The third-order valence-electron chi connectivity index (χ3n) is 2.56. The molecule has 4 N–H and O–H groups in total. The van der Waals surface area contributed by atoms with E-state index in [1.54, 1.807) is 12.5 Å². The number of aromatic nitrogens is 2. The van der Waals surface area contributed by atoms with Crippen LogP contribution in [0.4, 0.5) is 0 Å². The van der Waals surface area contributed by atoms with Gasteiger partial charge in [0.1, 0.15) is 6.10 Å². The third kappa shape index (κ3) is 1.66. The van der Waals surface area contributed by atoms with Gasteiger partial charge in [-0.05, 0) is 12.8 Å². The molecule has 1 aromatic rings. The van der Waals surface area contributed by atoms with Gasteiger partial charge >= 0.3 is 0 Å². The summed E-state index contributed by atoms with van der Waals surface area (Å²) in [7, 11) is 0. The van der Waals surface area contributed by atoms with Crippen molar-refractivity contribution in [1.29, 1.82) is 0 Å². The summed E-state index contributed by atoms with van der Waals surface area (Å²) >= 11 is 0. The predicted molar refractivity (Wildman–Crippen MR) is 50.5 cm³/mol. The first-order valence-corrected chi connectivity index (χ1v) is 4.80. The van der Waals surface area contributed by atoms with Crippen molar-refractivity contribution < 1.29 is 10.2 Å². The van der Waals surface area contributed by atoms with E-state index in [0.29, 0.717) is 11.7 Å². The zero-order valence-electron chi connectivity index (χ0n) is 7.87. The lowest BCUT2D eigenvalue weighted by Gasteiger charge is -2.17. The minimum atomic E-state index is -0.830. The minimum Gasteiger partial charge on any atom is -0.395 e. The van der Waals surface area contributed by atoms with Crippen molar-refractivity contribution in [3.05, 3.63) is 18.2 Å². The fraction of sp³-hybridized carbons (Fsp3) is 0.667. The van der Waals surface area contributed by atoms with E-state index in [1.807, 2.05) is 4.57 Å². The van der Waals surface area contributed by atoms with Crippen LogP contribution in [-0.4, -0.2) is 32.4 Å². The molecule has 0 bridgehead atoms. The number of hydrogen-bond donors (Lipinski definition) is 3.